The number of aryl methyl sites for hydroxylation is 2. The van der Waals surface area contributed by atoms with E-state index in [-0.39, 0.29) is 12.5 Å². The number of carbonyl (C=O) groups excluding carboxylic acids is 1. The molecule has 148 valence electrons. The Labute approximate surface area is 166 Å². The first-order valence-electron chi connectivity index (χ1n) is 9.08. The highest BCUT2D eigenvalue weighted by Crippen LogP contribution is 2.30. The third-order valence-corrected chi connectivity index (χ3v) is 5.78. The zero-order valence-corrected chi connectivity index (χ0v) is 16.6. The Bertz CT molecular complexity index is 1000. The van der Waals surface area contributed by atoms with Crippen molar-refractivity contribution in [3.8, 4) is 5.75 Å². The zero-order valence-electron chi connectivity index (χ0n) is 15.8. The van der Waals surface area contributed by atoms with Crippen LogP contribution >= 0.6 is 11.3 Å². The minimum atomic E-state index is -0.745. The fourth-order valence-corrected chi connectivity index (χ4v) is 4.08. The molecule has 3 heterocycles. The van der Waals surface area contributed by atoms with Gasteiger partial charge in [-0.2, -0.15) is 0 Å². The summed E-state index contributed by atoms with van der Waals surface area (Å²) in [6.45, 7) is 4.77. The van der Waals surface area contributed by atoms with Crippen LogP contribution in [0.2, 0.25) is 0 Å². The number of amides is 1. The predicted octanol–water partition coefficient (Wildman–Crippen LogP) is 2.97. The Kier molecular flexibility index (Phi) is 5.09. The van der Waals surface area contributed by atoms with Gasteiger partial charge in [0.2, 0.25) is 0 Å². The first-order valence-corrected chi connectivity index (χ1v) is 9.90. The molecule has 1 saturated heterocycles. The fraction of sp³-hybridized carbons (Fsp3) is 0.400. The molecule has 2 aromatic heterocycles. The molecule has 8 heteroatoms. The largest absolute Gasteiger partial charge is 0.488 e. The molecule has 0 radical (unpaired) electrons. The van der Waals surface area contributed by atoms with E-state index in [0.29, 0.717) is 54.3 Å². The Balaban J connectivity index is 1.58. The van der Waals surface area contributed by atoms with E-state index >= 15 is 0 Å². The van der Waals surface area contributed by atoms with Gasteiger partial charge in [-0.15, -0.1) is 11.3 Å². The summed E-state index contributed by atoms with van der Waals surface area (Å²) < 4.78 is 17.0. The number of rotatable bonds is 6. The van der Waals surface area contributed by atoms with Crippen molar-refractivity contribution in [3.05, 3.63) is 45.6 Å². The van der Waals surface area contributed by atoms with Gasteiger partial charge in [-0.25, -0.2) is 4.98 Å². The molecule has 1 fully saturated rings. The van der Waals surface area contributed by atoms with Crippen LogP contribution in [-0.4, -0.2) is 41.4 Å². The van der Waals surface area contributed by atoms with Crippen LogP contribution in [0, 0.1) is 13.8 Å². The third kappa shape index (κ3) is 3.63. The summed E-state index contributed by atoms with van der Waals surface area (Å²) in [5, 5.41) is 14.3. The summed E-state index contributed by atoms with van der Waals surface area (Å²) >= 11 is 1.59. The van der Waals surface area contributed by atoms with Crippen molar-refractivity contribution in [2.45, 2.75) is 32.4 Å². The number of aliphatic hydroxyl groups excluding tert-OH is 1. The van der Waals surface area contributed by atoms with Gasteiger partial charge in [0, 0.05) is 18.2 Å². The van der Waals surface area contributed by atoms with E-state index in [2.05, 4.69) is 10.3 Å². The molecule has 28 heavy (non-hydrogen) atoms. The van der Waals surface area contributed by atoms with Crippen molar-refractivity contribution in [1.82, 2.24) is 10.3 Å². The van der Waals surface area contributed by atoms with Crippen LogP contribution in [-0.2, 0) is 11.3 Å². The number of aromatic nitrogens is 1. The molecular formula is C20H22N2O5S. The molecule has 7 nitrogen and oxygen atoms in total. The van der Waals surface area contributed by atoms with Gasteiger partial charge < -0.3 is 24.3 Å². The van der Waals surface area contributed by atoms with Crippen LogP contribution in [0.25, 0.3) is 11.0 Å². The lowest BCUT2D eigenvalue weighted by atomic mass is 9.99. The molecule has 0 spiro atoms. The second kappa shape index (κ2) is 7.54. The number of benzene rings is 1. The van der Waals surface area contributed by atoms with Gasteiger partial charge in [0.1, 0.15) is 23.7 Å². The molecule has 0 bridgehead atoms. The van der Waals surface area contributed by atoms with Crippen molar-refractivity contribution in [3.63, 3.8) is 0 Å². The molecule has 1 unspecified atom stereocenters. The van der Waals surface area contributed by atoms with Crippen LogP contribution in [0.1, 0.15) is 32.4 Å². The quantitative estimate of drug-likeness (QED) is 0.658. The van der Waals surface area contributed by atoms with Crippen LogP contribution in [0.4, 0.5) is 0 Å². The first kappa shape index (κ1) is 18.9. The summed E-state index contributed by atoms with van der Waals surface area (Å²) in [4.78, 5) is 18.2. The fourth-order valence-electron chi connectivity index (χ4n) is 3.37. The number of carbonyl (C=O) groups is 1. The minimum Gasteiger partial charge on any atom is -0.488 e. The molecule has 1 aliphatic rings. The zero-order chi connectivity index (χ0) is 19.7. The summed E-state index contributed by atoms with van der Waals surface area (Å²) in [6, 6.07) is 5.43. The van der Waals surface area contributed by atoms with Gasteiger partial charge in [-0.1, -0.05) is 0 Å². The lowest BCUT2D eigenvalue weighted by molar-refractivity contribution is 0.0789. The van der Waals surface area contributed by atoms with E-state index in [1.807, 2.05) is 19.1 Å². The van der Waals surface area contributed by atoms with Crippen LogP contribution in [0.3, 0.4) is 0 Å². The second-order valence-corrected chi connectivity index (χ2v) is 8.34. The number of hydrogen-bond donors (Lipinski definition) is 2. The van der Waals surface area contributed by atoms with E-state index < -0.39 is 5.54 Å². The molecule has 1 aliphatic heterocycles. The first-order chi connectivity index (χ1) is 13.5. The van der Waals surface area contributed by atoms with Gasteiger partial charge in [0.25, 0.3) is 5.91 Å². The molecule has 4 rings (SSSR count). The maximum Gasteiger partial charge on any atom is 0.256 e. The topological polar surface area (TPSA) is 93.8 Å². The molecule has 1 aromatic carbocycles. The molecule has 3 aromatic rings. The lowest BCUT2D eigenvalue weighted by Gasteiger charge is -2.26. The molecule has 0 saturated carbocycles. The van der Waals surface area contributed by atoms with E-state index in [9.17, 15) is 9.90 Å². The van der Waals surface area contributed by atoms with Crippen molar-refractivity contribution in [2.24, 2.45) is 0 Å². The minimum absolute atomic E-state index is 0.170. The standard InChI is InChI=1S/C20H22N2O5S/c1-12-18(19(24)22-20(10-23)5-6-25-11-20)16-7-14(3-4-17(16)27-12)26-9-15-8-21-13(2)28-15/h3-4,7-8,23H,5-6,9-11H2,1-2H3,(H,22,24). The van der Waals surface area contributed by atoms with Crippen LogP contribution < -0.4 is 10.1 Å². The normalized spacial score (nSPS) is 19.2. The summed E-state index contributed by atoms with van der Waals surface area (Å²) in [5.41, 5.74) is 0.323. The maximum absolute atomic E-state index is 13.0. The maximum atomic E-state index is 13.0. The van der Waals surface area contributed by atoms with E-state index in [1.54, 1.807) is 30.5 Å². The van der Waals surface area contributed by atoms with Gasteiger partial charge in [0.15, 0.2) is 0 Å². The van der Waals surface area contributed by atoms with Crippen LogP contribution in [0.5, 0.6) is 5.75 Å². The van der Waals surface area contributed by atoms with Crippen molar-refractivity contribution in [1.29, 1.82) is 0 Å². The monoisotopic (exact) mass is 402 g/mol. The number of furan rings is 1. The molecular weight excluding hydrogens is 380 g/mol. The number of ether oxygens (including phenoxy) is 2. The highest BCUT2D eigenvalue weighted by Gasteiger charge is 2.37. The summed E-state index contributed by atoms with van der Waals surface area (Å²) in [7, 11) is 0. The van der Waals surface area contributed by atoms with E-state index in [4.69, 9.17) is 13.9 Å². The van der Waals surface area contributed by atoms with E-state index in [1.165, 1.54) is 0 Å². The Morgan fingerprint density at radius 1 is 1.43 bits per heavy atom. The van der Waals surface area contributed by atoms with Crippen molar-refractivity contribution in [2.75, 3.05) is 19.8 Å². The van der Waals surface area contributed by atoms with Gasteiger partial charge >= 0.3 is 0 Å². The Morgan fingerprint density at radius 3 is 2.96 bits per heavy atom. The summed E-state index contributed by atoms with van der Waals surface area (Å²) in [6.07, 6.45) is 2.38. The third-order valence-electron chi connectivity index (χ3n) is 4.90. The molecule has 0 aliphatic carbocycles. The molecule has 2 N–H and O–H groups in total. The Hall–Kier alpha value is -2.42. The predicted molar refractivity (Wildman–Crippen MR) is 105 cm³/mol. The van der Waals surface area contributed by atoms with Gasteiger partial charge in [-0.3, -0.25) is 4.79 Å². The molecule has 1 amide bonds. The smallest absolute Gasteiger partial charge is 0.256 e. The van der Waals surface area contributed by atoms with Crippen LogP contribution in [0.15, 0.2) is 28.8 Å². The number of nitrogens with one attached hydrogen (secondary N) is 1. The van der Waals surface area contributed by atoms with Gasteiger partial charge in [0.05, 0.1) is 34.2 Å². The van der Waals surface area contributed by atoms with Gasteiger partial charge in [-0.05, 0) is 38.5 Å². The Morgan fingerprint density at radius 2 is 2.29 bits per heavy atom. The average Bonchev–Trinajstić information content (AvgIpc) is 3.38. The number of thiazole rings is 1. The van der Waals surface area contributed by atoms with Crippen molar-refractivity contribution >= 4 is 28.2 Å². The number of fused-ring (bicyclic) bond motifs is 1. The highest BCUT2D eigenvalue weighted by atomic mass is 32.1. The van der Waals surface area contributed by atoms with Crippen molar-refractivity contribution < 1.29 is 23.8 Å². The average molecular weight is 402 g/mol. The number of nitrogens with zero attached hydrogens (tertiary/aromatic N) is 1. The highest BCUT2D eigenvalue weighted by molar-refractivity contribution is 7.11. The SMILES string of the molecule is Cc1ncc(COc2ccc3oc(C)c(C(=O)NC4(CO)CCOC4)c3c2)s1. The molecule has 1 atom stereocenters. The van der Waals surface area contributed by atoms with E-state index in [0.717, 1.165) is 9.88 Å². The second-order valence-electron chi connectivity index (χ2n) is 7.02. The number of hydrogen-bond acceptors (Lipinski definition) is 7. The summed E-state index contributed by atoms with van der Waals surface area (Å²) in [5.74, 6) is 0.884. The lowest BCUT2D eigenvalue weighted by Crippen LogP contribution is -2.52. The number of aliphatic hydroxyl groups is 1.